The molecule has 1 aliphatic heterocycles. The van der Waals surface area contributed by atoms with E-state index in [-0.39, 0.29) is 16.0 Å². The Kier molecular flexibility index (Phi) is 8.19. The smallest absolute Gasteiger partial charge is 0.252 e. The van der Waals surface area contributed by atoms with Crippen molar-refractivity contribution in [2.75, 3.05) is 45.2 Å². The van der Waals surface area contributed by atoms with Crippen molar-refractivity contribution in [3.05, 3.63) is 39.7 Å². The lowest BCUT2D eigenvalue weighted by molar-refractivity contribution is -0.123. The Bertz CT molecular complexity index is 1270. The van der Waals surface area contributed by atoms with E-state index in [4.69, 9.17) is 16.6 Å². The number of thiazole rings is 1. The molecule has 0 saturated carbocycles. The van der Waals surface area contributed by atoms with Gasteiger partial charge in [-0.2, -0.15) is 4.31 Å². The number of rotatable bonds is 8. The van der Waals surface area contributed by atoms with E-state index in [1.54, 1.807) is 23.5 Å². The van der Waals surface area contributed by atoms with Crippen LogP contribution in [0.5, 0.6) is 0 Å². The Morgan fingerprint density at radius 1 is 1.09 bits per heavy atom. The molecule has 0 N–H and O–H groups in total. The molecule has 2 aromatic heterocycles. The van der Waals surface area contributed by atoms with Crippen LogP contribution in [0.2, 0.25) is 4.34 Å². The first-order chi connectivity index (χ1) is 16.6. The van der Waals surface area contributed by atoms with Crippen molar-refractivity contribution in [3.8, 4) is 0 Å². The van der Waals surface area contributed by atoms with Gasteiger partial charge >= 0.3 is 0 Å². The van der Waals surface area contributed by atoms with Crippen molar-refractivity contribution in [1.82, 2.24) is 14.2 Å². The van der Waals surface area contributed by atoms with Crippen LogP contribution < -0.4 is 4.90 Å². The number of carbonyl (C=O) groups is 1. The summed E-state index contributed by atoms with van der Waals surface area (Å²) in [6, 6.07) is 7.30. The number of hydrogen-bond acceptors (Lipinski definition) is 7. The van der Waals surface area contributed by atoms with Crippen molar-refractivity contribution < 1.29 is 13.2 Å². The molecular formula is C24H31ClN4O3S3. The second kappa shape index (κ2) is 10.8. The van der Waals surface area contributed by atoms with Crippen molar-refractivity contribution in [1.29, 1.82) is 0 Å². The first-order valence-electron chi connectivity index (χ1n) is 11.7. The van der Waals surface area contributed by atoms with Crippen LogP contribution >= 0.6 is 34.3 Å². The van der Waals surface area contributed by atoms with Gasteiger partial charge in [-0.25, -0.2) is 13.4 Å². The monoisotopic (exact) mass is 554 g/mol. The van der Waals surface area contributed by atoms with Crippen LogP contribution in [-0.2, 0) is 14.8 Å². The maximum Gasteiger partial charge on any atom is 0.252 e. The largest absolute Gasteiger partial charge is 0.309 e. The molecule has 35 heavy (non-hydrogen) atoms. The number of benzene rings is 1. The van der Waals surface area contributed by atoms with Gasteiger partial charge in [0.05, 0.1) is 14.6 Å². The lowest BCUT2D eigenvalue weighted by Gasteiger charge is -2.32. The maximum atomic E-state index is 13.7. The molecule has 1 fully saturated rings. The molecule has 0 bridgehead atoms. The molecule has 4 rings (SSSR count). The third-order valence-electron chi connectivity index (χ3n) is 6.36. The van der Waals surface area contributed by atoms with Gasteiger partial charge in [0.1, 0.15) is 4.21 Å². The summed E-state index contributed by atoms with van der Waals surface area (Å²) in [6.07, 6.45) is 1.81. The van der Waals surface area contributed by atoms with Crippen LogP contribution in [0.15, 0.2) is 28.5 Å². The average molecular weight is 555 g/mol. The van der Waals surface area contributed by atoms with Gasteiger partial charge < -0.3 is 4.90 Å². The molecule has 7 nitrogen and oxygen atoms in total. The van der Waals surface area contributed by atoms with E-state index in [9.17, 15) is 13.2 Å². The van der Waals surface area contributed by atoms with E-state index in [2.05, 4.69) is 24.0 Å². The topological polar surface area (TPSA) is 73.8 Å². The van der Waals surface area contributed by atoms with Crippen molar-refractivity contribution in [3.63, 3.8) is 0 Å². The van der Waals surface area contributed by atoms with Crippen LogP contribution in [0.4, 0.5) is 5.13 Å². The zero-order valence-corrected chi connectivity index (χ0v) is 23.7. The molecular weight excluding hydrogens is 524 g/mol. The first-order valence-corrected chi connectivity index (χ1v) is 15.1. The predicted molar refractivity (Wildman–Crippen MR) is 145 cm³/mol. The highest BCUT2D eigenvalue weighted by molar-refractivity contribution is 7.91. The number of nitrogens with zero attached hydrogens (tertiary/aromatic N) is 4. The number of fused-ring (bicyclic) bond motifs is 1. The number of piperidine rings is 1. The molecule has 0 spiro atoms. The normalized spacial score (nSPS) is 15.8. The van der Waals surface area contributed by atoms with Gasteiger partial charge in [0.25, 0.3) is 10.0 Å². The SMILES string of the molecule is Cc1ccc(C)c2sc(N(CCCN(C)C)C(=O)C3CCN(S(=O)(=O)c4ccc(Cl)s4)CC3)nc12. The molecule has 11 heteroatoms. The second-order valence-electron chi connectivity index (χ2n) is 9.26. The highest BCUT2D eigenvalue weighted by Crippen LogP contribution is 2.35. The summed E-state index contributed by atoms with van der Waals surface area (Å²) in [7, 11) is 0.456. The molecule has 1 aromatic carbocycles. The fraction of sp³-hybridized carbons (Fsp3) is 0.500. The summed E-state index contributed by atoms with van der Waals surface area (Å²) in [6.45, 7) is 6.20. The quantitative estimate of drug-likeness (QED) is 0.391. The minimum Gasteiger partial charge on any atom is -0.309 e. The predicted octanol–water partition coefficient (Wildman–Crippen LogP) is 5.01. The van der Waals surface area contributed by atoms with E-state index in [0.717, 1.165) is 50.8 Å². The third-order valence-corrected chi connectivity index (χ3v) is 11.2. The van der Waals surface area contributed by atoms with E-state index < -0.39 is 10.0 Å². The van der Waals surface area contributed by atoms with Gasteiger partial charge in [-0.15, -0.1) is 11.3 Å². The molecule has 3 aromatic rings. The Hall–Kier alpha value is -1.56. The highest BCUT2D eigenvalue weighted by atomic mass is 35.5. The Labute approximate surface area is 220 Å². The first kappa shape index (κ1) is 26.5. The van der Waals surface area contributed by atoms with E-state index in [0.29, 0.717) is 36.8 Å². The highest BCUT2D eigenvalue weighted by Gasteiger charge is 2.35. The minimum atomic E-state index is -3.59. The van der Waals surface area contributed by atoms with Gasteiger partial charge in [-0.3, -0.25) is 9.69 Å². The average Bonchev–Trinajstić information content (AvgIpc) is 3.47. The van der Waals surface area contributed by atoms with Crippen molar-refractivity contribution in [2.24, 2.45) is 5.92 Å². The maximum absolute atomic E-state index is 13.7. The summed E-state index contributed by atoms with van der Waals surface area (Å²) < 4.78 is 29.2. The number of hydrogen-bond donors (Lipinski definition) is 0. The van der Waals surface area contributed by atoms with Gasteiger partial charge in [-0.05, 0) is 77.0 Å². The van der Waals surface area contributed by atoms with Crippen molar-refractivity contribution >= 4 is 65.6 Å². The lowest BCUT2D eigenvalue weighted by Crippen LogP contribution is -2.45. The summed E-state index contributed by atoms with van der Waals surface area (Å²) in [5.41, 5.74) is 3.20. The number of aromatic nitrogens is 1. The number of halogens is 1. The zero-order chi connectivity index (χ0) is 25.3. The lowest BCUT2D eigenvalue weighted by atomic mass is 9.96. The summed E-state index contributed by atoms with van der Waals surface area (Å²) in [5.74, 6) is -0.198. The van der Waals surface area contributed by atoms with E-state index in [1.807, 2.05) is 25.9 Å². The van der Waals surface area contributed by atoms with Crippen LogP contribution in [0.3, 0.4) is 0 Å². The number of carbonyl (C=O) groups excluding carboxylic acids is 1. The molecule has 190 valence electrons. The summed E-state index contributed by atoms with van der Waals surface area (Å²) in [5, 5.41) is 0.726. The molecule has 0 radical (unpaired) electrons. The van der Waals surface area contributed by atoms with Crippen LogP contribution in [0.1, 0.15) is 30.4 Å². The van der Waals surface area contributed by atoms with Gasteiger partial charge in [0, 0.05) is 25.6 Å². The number of aryl methyl sites for hydroxylation is 2. The minimum absolute atomic E-state index is 0.0364. The standard InChI is InChI=1S/C24H31ClN4O3S3/c1-16-6-7-17(2)22-21(16)26-24(34-22)29(13-5-12-27(3)4)23(30)18-10-14-28(15-11-18)35(31,32)20-9-8-19(25)33-20/h6-9,18H,5,10-15H2,1-4H3. The molecule has 3 heterocycles. The number of amides is 1. The van der Waals surface area contributed by atoms with Crippen LogP contribution in [0.25, 0.3) is 10.2 Å². The molecule has 1 saturated heterocycles. The fourth-order valence-corrected chi connectivity index (χ4v) is 8.59. The third kappa shape index (κ3) is 5.73. The molecule has 1 aliphatic rings. The molecule has 0 unspecified atom stereocenters. The zero-order valence-electron chi connectivity index (χ0n) is 20.5. The number of thiophene rings is 1. The number of sulfonamides is 1. The van der Waals surface area contributed by atoms with Gasteiger partial charge in [0.15, 0.2) is 5.13 Å². The van der Waals surface area contributed by atoms with E-state index >= 15 is 0 Å². The van der Waals surface area contributed by atoms with E-state index in [1.165, 1.54) is 4.31 Å². The second-order valence-corrected chi connectivity index (χ2v) is 14.1. The Morgan fingerprint density at radius 3 is 2.37 bits per heavy atom. The molecule has 0 atom stereocenters. The van der Waals surface area contributed by atoms with Crippen LogP contribution in [0, 0.1) is 19.8 Å². The van der Waals surface area contributed by atoms with Gasteiger partial charge in [0.2, 0.25) is 5.91 Å². The van der Waals surface area contributed by atoms with Crippen LogP contribution in [-0.4, -0.2) is 68.8 Å². The Morgan fingerprint density at radius 2 is 1.77 bits per heavy atom. The van der Waals surface area contributed by atoms with Crippen molar-refractivity contribution in [2.45, 2.75) is 37.3 Å². The van der Waals surface area contributed by atoms with Gasteiger partial charge in [-0.1, -0.05) is 35.1 Å². The molecule has 0 aliphatic carbocycles. The summed E-state index contributed by atoms with van der Waals surface area (Å²) in [4.78, 5) is 22.6. The number of anilines is 1. The Balaban J connectivity index is 1.53. The fourth-order valence-electron chi connectivity index (χ4n) is 4.34. The summed E-state index contributed by atoms with van der Waals surface area (Å²) >= 11 is 8.58. The molecule has 1 amide bonds.